The van der Waals surface area contributed by atoms with Crippen LogP contribution in [-0.2, 0) is 4.79 Å². The largest absolute Gasteiger partial charge is 0.376 e. The number of nitrogens with zero attached hydrogens (tertiary/aromatic N) is 1. The SMILES string of the molecule is CN(C)/C(=C/C=O)c1cc(Br)c[nH]1. The average molecular weight is 243 g/mol. The van der Waals surface area contributed by atoms with Crippen LogP contribution in [0.1, 0.15) is 5.69 Å². The first-order chi connectivity index (χ1) is 6.15. The lowest BCUT2D eigenvalue weighted by molar-refractivity contribution is -0.104. The molecular formula is C9H11BrN2O. The third-order valence-corrected chi connectivity index (χ3v) is 2.09. The minimum absolute atomic E-state index is 0.782. The molecule has 0 fully saturated rings. The number of H-pyrrole nitrogens is 1. The van der Waals surface area contributed by atoms with Gasteiger partial charge < -0.3 is 9.88 Å². The van der Waals surface area contributed by atoms with Crippen LogP contribution in [-0.4, -0.2) is 30.3 Å². The molecule has 0 aliphatic carbocycles. The van der Waals surface area contributed by atoms with Crippen LogP contribution >= 0.6 is 15.9 Å². The predicted molar refractivity (Wildman–Crippen MR) is 56.2 cm³/mol. The zero-order valence-corrected chi connectivity index (χ0v) is 9.13. The van der Waals surface area contributed by atoms with Gasteiger partial charge in [-0.15, -0.1) is 0 Å². The molecule has 0 aliphatic heterocycles. The van der Waals surface area contributed by atoms with Gasteiger partial charge in [0, 0.05) is 30.8 Å². The molecule has 70 valence electrons. The molecule has 1 N–H and O–H groups in total. The number of carbonyl (C=O) groups is 1. The molecule has 0 bridgehead atoms. The van der Waals surface area contributed by atoms with Gasteiger partial charge in [0.1, 0.15) is 6.29 Å². The third kappa shape index (κ3) is 2.45. The summed E-state index contributed by atoms with van der Waals surface area (Å²) in [7, 11) is 3.79. The zero-order chi connectivity index (χ0) is 9.84. The van der Waals surface area contributed by atoms with Crippen molar-refractivity contribution in [3.05, 3.63) is 28.5 Å². The van der Waals surface area contributed by atoms with Gasteiger partial charge in [0.2, 0.25) is 0 Å². The van der Waals surface area contributed by atoms with Crippen LogP contribution in [0.4, 0.5) is 0 Å². The van der Waals surface area contributed by atoms with E-state index in [0.717, 1.165) is 22.1 Å². The molecule has 13 heavy (non-hydrogen) atoms. The summed E-state index contributed by atoms with van der Waals surface area (Å²) in [5.74, 6) is 0. The average Bonchev–Trinajstić information content (AvgIpc) is 2.46. The highest BCUT2D eigenvalue weighted by Gasteiger charge is 2.05. The maximum absolute atomic E-state index is 10.4. The molecule has 0 amide bonds. The van der Waals surface area contributed by atoms with E-state index in [9.17, 15) is 4.79 Å². The molecule has 0 radical (unpaired) electrons. The van der Waals surface area contributed by atoms with E-state index in [1.165, 1.54) is 6.08 Å². The Hall–Kier alpha value is -1.03. The minimum Gasteiger partial charge on any atom is -0.376 e. The second-order valence-electron chi connectivity index (χ2n) is 2.81. The van der Waals surface area contributed by atoms with Crippen LogP contribution in [0.5, 0.6) is 0 Å². The Morgan fingerprint density at radius 1 is 1.62 bits per heavy atom. The van der Waals surface area contributed by atoms with Gasteiger partial charge in [-0.05, 0) is 22.0 Å². The van der Waals surface area contributed by atoms with Crippen LogP contribution in [0.2, 0.25) is 0 Å². The fourth-order valence-corrected chi connectivity index (χ4v) is 1.40. The van der Waals surface area contributed by atoms with Crippen LogP contribution < -0.4 is 0 Å². The molecule has 0 aromatic carbocycles. The number of halogens is 1. The molecule has 4 heteroatoms. The van der Waals surface area contributed by atoms with Crippen LogP contribution in [0, 0.1) is 0 Å². The van der Waals surface area contributed by atoms with Gasteiger partial charge in [0.15, 0.2) is 0 Å². The van der Waals surface area contributed by atoms with Gasteiger partial charge in [0.05, 0.1) is 11.4 Å². The summed E-state index contributed by atoms with van der Waals surface area (Å²) in [6, 6.07) is 1.93. The van der Waals surface area contributed by atoms with E-state index >= 15 is 0 Å². The lowest BCUT2D eigenvalue weighted by atomic mass is 10.3. The molecule has 0 aliphatic rings. The second kappa shape index (κ2) is 4.28. The molecule has 1 aromatic heterocycles. The summed E-state index contributed by atoms with van der Waals surface area (Å²) in [5.41, 5.74) is 1.78. The van der Waals surface area contributed by atoms with Crippen molar-refractivity contribution in [3.63, 3.8) is 0 Å². The van der Waals surface area contributed by atoms with Crippen molar-refractivity contribution in [1.82, 2.24) is 9.88 Å². The van der Waals surface area contributed by atoms with E-state index in [4.69, 9.17) is 0 Å². The molecule has 0 saturated heterocycles. The number of aromatic amines is 1. The maximum atomic E-state index is 10.4. The Balaban J connectivity index is 3.02. The van der Waals surface area contributed by atoms with E-state index in [2.05, 4.69) is 20.9 Å². The highest BCUT2D eigenvalue weighted by molar-refractivity contribution is 9.10. The lowest BCUT2D eigenvalue weighted by Gasteiger charge is -2.14. The number of hydrogen-bond donors (Lipinski definition) is 1. The molecular weight excluding hydrogens is 232 g/mol. The van der Waals surface area contributed by atoms with E-state index in [1.807, 2.05) is 31.3 Å². The molecule has 0 saturated carbocycles. The fourth-order valence-electron chi connectivity index (χ4n) is 1.06. The Morgan fingerprint density at radius 2 is 2.31 bits per heavy atom. The Bertz CT molecular complexity index is 328. The van der Waals surface area contributed by atoms with Gasteiger partial charge in [-0.2, -0.15) is 0 Å². The summed E-state index contributed by atoms with van der Waals surface area (Å²) in [5, 5.41) is 0. The predicted octanol–water partition coefficient (Wildman–Crippen LogP) is 1.88. The minimum atomic E-state index is 0.782. The van der Waals surface area contributed by atoms with Gasteiger partial charge in [-0.25, -0.2) is 0 Å². The summed E-state index contributed by atoms with van der Waals surface area (Å²) in [6.07, 6.45) is 4.14. The van der Waals surface area contributed by atoms with Crippen LogP contribution in [0.3, 0.4) is 0 Å². The Kier molecular flexibility index (Phi) is 3.31. The molecule has 1 heterocycles. The number of rotatable bonds is 3. The highest BCUT2D eigenvalue weighted by Crippen LogP contribution is 2.18. The van der Waals surface area contributed by atoms with Crippen molar-refractivity contribution in [2.75, 3.05) is 14.1 Å². The van der Waals surface area contributed by atoms with Crippen molar-refractivity contribution in [2.45, 2.75) is 0 Å². The first-order valence-corrected chi connectivity index (χ1v) is 4.61. The summed E-state index contributed by atoms with van der Waals surface area (Å²) in [4.78, 5) is 15.3. The third-order valence-electron chi connectivity index (χ3n) is 1.63. The van der Waals surface area contributed by atoms with Crippen molar-refractivity contribution in [3.8, 4) is 0 Å². The lowest BCUT2D eigenvalue weighted by Crippen LogP contribution is -2.10. The first-order valence-electron chi connectivity index (χ1n) is 3.82. The molecule has 1 aromatic rings. The molecule has 0 spiro atoms. The normalized spacial score (nSPS) is 11.5. The Labute approximate surface area is 85.6 Å². The zero-order valence-electron chi connectivity index (χ0n) is 7.54. The number of nitrogens with one attached hydrogen (secondary N) is 1. The summed E-state index contributed by atoms with van der Waals surface area (Å²) < 4.78 is 0.973. The van der Waals surface area contributed by atoms with E-state index in [0.29, 0.717) is 0 Å². The molecule has 0 unspecified atom stereocenters. The van der Waals surface area contributed by atoms with Gasteiger partial charge >= 0.3 is 0 Å². The van der Waals surface area contributed by atoms with Crippen LogP contribution in [0.25, 0.3) is 5.70 Å². The number of aldehydes is 1. The second-order valence-corrected chi connectivity index (χ2v) is 3.73. The van der Waals surface area contributed by atoms with Crippen molar-refractivity contribution < 1.29 is 4.79 Å². The number of aromatic nitrogens is 1. The number of hydrogen-bond acceptors (Lipinski definition) is 2. The highest BCUT2D eigenvalue weighted by atomic mass is 79.9. The summed E-state index contributed by atoms with van der Waals surface area (Å²) >= 11 is 3.34. The van der Waals surface area contributed by atoms with Crippen molar-refractivity contribution >= 4 is 27.9 Å². The monoisotopic (exact) mass is 242 g/mol. The molecule has 1 rings (SSSR count). The van der Waals surface area contributed by atoms with Gasteiger partial charge in [-0.1, -0.05) is 0 Å². The number of carbonyl (C=O) groups excluding carboxylic acids is 1. The molecule has 3 nitrogen and oxygen atoms in total. The van der Waals surface area contributed by atoms with E-state index in [1.54, 1.807) is 0 Å². The van der Waals surface area contributed by atoms with Crippen molar-refractivity contribution in [2.24, 2.45) is 0 Å². The van der Waals surface area contributed by atoms with Gasteiger partial charge in [0.25, 0.3) is 0 Å². The topological polar surface area (TPSA) is 36.1 Å². The number of allylic oxidation sites excluding steroid dienone is 1. The quantitative estimate of drug-likeness (QED) is 0.649. The first kappa shape index (κ1) is 10.1. The summed E-state index contributed by atoms with van der Waals surface area (Å²) in [6.45, 7) is 0. The fraction of sp³-hybridized carbons (Fsp3) is 0.222. The van der Waals surface area contributed by atoms with Crippen molar-refractivity contribution in [1.29, 1.82) is 0 Å². The van der Waals surface area contributed by atoms with E-state index in [-0.39, 0.29) is 0 Å². The Morgan fingerprint density at radius 3 is 2.69 bits per heavy atom. The van der Waals surface area contributed by atoms with Gasteiger partial charge in [-0.3, -0.25) is 4.79 Å². The standard InChI is InChI=1S/C9H11BrN2O/c1-12(2)9(3-4-13)8-5-7(10)6-11-8/h3-6,11H,1-2H3/b9-3+. The van der Waals surface area contributed by atoms with Crippen LogP contribution in [0.15, 0.2) is 22.8 Å². The maximum Gasteiger partial charge on any atom is 0.144 e. The van der Waals surface area contributed by atoms with E-state index < -0.39 is 0 Å². The molecule has 0 atom stereocenters. The smallest absolute Gasteiger partial charge is 0.144 e.